The molecule has 0 atom stereocenters. The van der Waals surface area contributed by atoms with E-state index in [0.29, 0.717) is 32.5 Å². The van der Waals surface area contributed by atoms with Crippen molar-refractivity contribution in [1.82, 2.24) is 4.90 Å². The van der Waals surface area contributed by atoms with Crippen LogP contribution in [0.3, 0.4) is 0 Å². The summed E-state index contributed by atoms with van der Waals surface area (Å²) in [6, 6.07) is 5.65. The number of nitrogens with zero attached hydrogens (tertiary/aromatic N) is 1. The van der Waals surface area contributed by atoms with Crippen LogP contribution in [0, 0.1) is 5.41 Å². The van der Waals surface area contributed by atoms with E-state index in [0.717, 1.165) is 15.8 Å². The Balaban J connectivity index is 1.86. The molecule has 0 saturated heterocycles. The maximum absolute atomic E-state index is 12.4. The third kappa shape index (κ3) is 2.18. The normalized spacial score (nSPS) is 19.6. The van der Waals surface area contributed by atoms with E-state index in [-0.39, 0.29) is 5.91 Å². The molecule has 20 heavy (non-hydrogen) atoms. The number of aliphatic carboxylic acids is 1. The van der Waals surface area contributed by atoms with E-state index in [4.69, 9.17) is 4.74 Å². The number of ether oxygens (including phenoxy) is 1. The molecule has 0 aromatic heterocycles. The number of carboxylic acids is 1. The number of hydrogen-bond donors (Lipinski definition) is 1. The highest BCUT2D eigenvalue weighted by molar-refractivity contribution is 9.10. The van der Waals surface area contributed by atoms with Gasteiger partial charge in [-0.1, -0.05) is 15.9 Å². The Labute approximate surface area is 124 Å². The molecule has 0 spiro atoms. The van der Waals surface area contributed by atoms with E-state index >= 15 is 0 Å². The highest BCUT2D eigenvalue weighted by Gasteiger charge is 2.58. The van der Waals surface area contributed by atoms with Crippen molar-refractivity contribution >= 4 is 27.8 Å². The fourth-order valence-corrected chi connectivity index (χ4v) is 2.89. The minimum Gasteiger partial charge on any atom is -0.491 e. The number of carboxylic acid groups (broad SMARTS) is 1. The van der Waals surface area contributed by atoms with Crippen LogP contribution in [0.1, 0.15) is 18.4 Å². The van der Waals surface area contributed by atoms with Crippen LogP contribution >= 0.6 is 15.9 Å². The second kappa shape index (κ2) is 4.77. The first-order chi connectivity index (χ1) is 9.53. The van der Waals surface area contributed by atoms with Crippen LogP contribution in [0.4, 0.5) is 0 Å². The lowest BCUT2D eigenvalue weighted by Crippen LogP contribution is -2.41. The number of carbonyl (C=O) groups excluding carboxylic acids is 1. The van der Waals surface area contributed by atoms with Crippen molar-refractivity contribution in [2.45, 2.75) is 19.4 Å². The highest BCUT2D eigenvalue weighted by atomic mass is 79.9. The summed E-state index contributed by atoms with van der Waals surface area (Å²) in [5.41, 5.74) is -0.289. The van der Waals surface area contributed by atoms with Gasteiger partial charge >= 0.3 is 5.97 Å². The summed E-state index contributed by atoms with van der Waals surface area (Å²) in [6.07, 6.45) is 0.869. The van der Waals surface area contributed by atoms with Crippen LogP contribution in [-0.2, 0) is 16.1 Å². The summed E-state index contributed by atoms with van der Waals surface area (Å²) in [7, 11) is 0. The molecule has 3 rings (SSSR count). The fraction of sp³-hybridized carbons (Fsp3) is 0.429. The molecule has 1 saturated carbocycles. The summed E-state index contributed by atoms with van der Waals surface area (Å²) in [5.74, 6) is -0.549. The number of halogens is 1. The molecule has 2 aliphatic rings. The molecule has 5 nitrogen and oxygen atoms in total. The number of fused-ring (bicyclic) bond motifs is 1. The molecule has 1 aliphatic carbocycles. The van der Waals surface area contributed by atoms with Gasteiger partial charge in [-0.15, -0.1) is 0 Å². The van der Waals surface area contributed by atoms with Crippen LogP contribution in [0.25, 0.3) is 0 Å². The zero-order valence-electron chi connectivity index (χ0n) is 10.8. The maximum Gasteiger partial charge on any atom is 0.319 e. The zero-order chi connectivity index (χ0) is 14.3. The Kier molecular flexibility index (Phi) is 3.20. The quantitative estimate of drug-likeness (QED) is 0.837. The molecule has 1 aromatic carbocycles. The summed E-state index contributed by atoms with van der Waals surface area (Å²) < 4.78 is 6.53. The lowest BCUT2D eigenvalue weighted by atomic mass is 10.1. The monoisotopic (exact) mass is 339 g/mol. The molecule has 1 aromatic rings. The van der Waals surface area contributed by atoms with Crippen molar-refractivity contribution in [2.75, 3.05) is 13.2 Å². The summed E-state index contributed by atoms with van der Waals surface area (Å²) in [5, 5.41) is 9.23. The minimum absolute atomic E-state index is 0.290. The topological polar surface area (TPSA) is 66.8 Å². The van der Waals surface area contributed by atoms with Gasteiger partial charge in [0.2, 0.25) is 5.91 Å². The second-order valence-electron chi connectivity index (χ2n) is 5.21. The molecule has 0 unspecified atom stereocenters. The van der Waals surface area contributed by atoms with Gasteiger partial charge in [-0.2, -0.15) is 0 Å². The van der Waals surface area contributed by atoms with Crippen LogP contribution < -0.4 is 4.74 Å². The Hall–Kier alpha value is -1.56. The number of benzene rings is 1. The van der Waals surface area contributed by atoms with Crippen LogP contribution in [0.15, 0.2) is 22.7 Å². The zero-order valence-corrected chi connectivity index (χ0v) is 12.4. The van der Waals surface area contributed by atoms with Crippen LogP contribution in [0.2, 0.25) is 0 Å². The largest absolute Gasteiger partial charge is 0.491 e. The third-order valence-electron chi connectivity index (χ3n) is 3.86. The van der Waals surface area contributed by atoms with Crippen molar-refractivity contribution in [2.24, 2.45) is 5.41 Å². The number of rotatable bonds is 2. The molecule has 106 valence electrons. The molecule has 1 heterocycles. The third-order valence-corrected chi connectivity index (χ3v) is 4.35. The first-order valence-corrected chi connectivity index (χ1v) is 7.26. The van der Waals surface area contributed by atoms with Gasteiger partial charge in [-0.05, 0) is 31.0 Å². The first kappa shape index (κ1) is 13.4. The molecule has 1 amide bonds. The van der Waals surface area contributed by atoms with E-state index in [1.165, 1.54) is 0 Å². The van der Waals surface area contributed by atoms with Crippen molar-refractivity contribution in [1.29, 1.82) is 0 Å². The minimum atomic E-state index is -1.18. The van der Waals surface area contributed by atoms with E-state index in [2.05, 4.69) is 15.9 Å². The highest BCUT2D eigenvalue weighted by Crippen LogP contribution is 2.48. The molecule has 1 aliphatic heterocycles. The Morgan fingerprint density at radius 2 is 2.10 bits per heavy atom. The van der Waals surface area contributed by atoms with Gasteiger partial charge in [0.25, 0.3) is 0 Å². The van der Waals surface area contributed by atoms with Crippen molar-refractivity contribution in [3.63, 3.8) is 0 Å². The van der Waals surface area contributed by atoms with Gasteiger partial charge in [-0.3, -0.25) is 9.59 Å². The molecule has 1 N–H and O–H groups in total. The average Bonchev–Trinajstić information content (AvgIpc) is 3.21. The van der Waals surface area contributed by atoms with Crippen LogP contribution in [0.5, 0.6) is 5.75 Å². The summed E-state index contributed by atoms with van der Waals surface area (Å²) in [4.78, 5) is 25.3. The molecule has 0 bridgehead atoms. The lowest BCUT2D eigenvalue weighted by Gasteiger charge is -2.23. The van der Waals surface area contributed by atoms with E-state index in [1.807, 2.05) is 18.2 Å². The molecular weight excluding hydrogens is 326 g/mol. The second-order valence-corrected chi connectivity index (χ2v) is 6.13. The SMILES string of the molecule is O=C(O)C1(C(=O)N2CCOc3ccc(Br)cc3C2)CC1. The Bertz CT molecular complexity index is 583. The van der Waals surface area contributed by atoms with Crippen molar-refractivity contribution in [3.8, 4) is 5.75 Å². The van der Waals surface area contributed by atoms with Gasteiger partial charge in [0, 0.05) is 16.6 Å². The van der Waals surface area contributed by atoms with E-state index in [1.54, 1.807) is 4.90 Å². The lowest BCUT2D eigenvalue weighted by molar-refractivity contribution is -0.153. The summed E-state index contributed by atoms with van der Waals surface area (Å²) >= 11 is 3.39. The van der Waals surface area contributed by atoms with Gasteiger partial charge < -0.3 is 14.7 Å². The predicted octanol–water partition coefficient (Wildman–Crippen LogP) is 2.03. The molecular formula is C14H14BrNO4. The fourth-order valence-electron chi connectivity index (χ4n) is 2.48. The molecule has 6 heteroatoms. The van der Waals surface area contributed by atoms with Gasteiger partial charge in [0.1, 0.15) is 17.8 Å². The van der Waals surface area contributed by atoms with Crippen LogP contribution in [-0.4, -0.2) is 35.0 Å². The standard InChI is InChI=1S/C14H14BrNO4/c15-10-1-2-11-9(7-10)8-16(5-6-20-11)12(17)14(3-4-14)13(18)19/h1-2,7H,3-6,8H2,(H,18,19). The number of carbonyl (C=O) groups is 2. The van der Waals surface area contributed by atoms with E-state index in [9.17, 15) is 14.7 Å². The van der Waals surface area contributed by atoms with Gasteiger partial charge in [0.15, 0.2) is 0 Å². The van der Waals surface area contributed by atoms with Crippen molar-refractivity contribution < 1.29 is 19.4 Å². The predicted molar refractivity (Wildman–Crippen MR) is 74.4 cm³/mol. The van der Waals surface area contributed by atoms with E-state index < -0.39 is 11.4 Å². The summed E-state index contributed by atoms with van der Waals surface area (Å²) in [6.45, 7) is 1.19. The Morgan fingerprint density at radius 1 is 1.35 bits per heavy atom. The maximum atomic E-state index is 12.4. The first-order valence-electron chi connectivity index (χ1n) is 6.47. The molecule has 1 fully saturated rings. The molecule has 0 radical (unpaired) electrons. The Morgan fingerprint density at radius 3 is 2.75 bits per heavy atom. The smallest absolute Gasteiger partial charge is 0.319 e. The van der Waals surface area contributed by atoms with Gasteiger partial charge in [0.05, 0.1) is 6.54 Å². The number of hydrogen-bond acceptors (Lipinski definition) is 3. The number of amides is 1. The average molecular weight is 340 g/mol. The van der Waals surface area contributed by atoms with Crippen molar-refractivity contribution in [3.05, 3.63) is 28.2 Å². The van der Waals surface area contributed by atoms with Gasteiger partial charge in [-0.25, -0.2) is 0 Å².